The molecular weight excluding hydrogens is 181 g/mol. The van der Waals surface area contributed by atoms with Gasteiger partial charge in [-0.3, -0.25) is 4.99 Å². The van der Waals surface area contributed by atoms with Crippen LogP contribution in [0.25, 0.3) is 0 Å². The minimum atomic E-state index is 0.397. The Morgan fingerprint density at radius 3 is 2.69 bits per heavy atom. The smallest absolute Gasteiger partial charge is 0.0976 e. The normalized spacial score (nSPS) is 30.3. The fourth-order valence-corrected chi connectivity index (χ4v) is 2.10. The first-order chi connectivity index (χ1) is 6.15. The molecule has 4 unspecified atom stereocenters. The lowest BCUT2D eigenvalue weighted by molar-refractivity contribution is 0.343. The highest BCUT2D eigenvalue weighted by atomic mass is 31.0. The molecule has 0 saturated carbocycles. The van der Waals surface area contributed by atoms with Crippen molar-refractivity contribution >= 4 is 15.0 Å². The maximum atomic E-state index is 5.39. The van der Waals surface area contributed by atoms with E-state index in [2.05, 4.69) is 35.0 Å². The third kappa shape index (κ3) is 3.74. The molecule has 0 aromatic carbocycles. The molecular formula is C10H20NOP. The largest absolute Gasteiger partial charge is 0.365 e. The molecule has 0 N–H and O–H groups in total. The van der Waals surface area contributed by atoms with Gasteiger partial charge in [0.05, 0.1) is 11.9 Å². The maximum Gasteiger partial charge on any atom is 0.0976 e. The van der Waals surface area contributed by atoms with E-state index in [-0.39, 0.29) is 0 Å². The molecule has 0 aromatic heterocycles. The first kappa shape index (κ1) is 11.1. The van der Waals surface area contributed by atoms with Crippen molar-refractivity contribution in [1.29, 1.82) is 0 Å². The Balaban J connectivity index is 2.23. The standard InChI is InChI=1S/C10H20NOP/c1-4-5-11-8(3)6-7(2)9-10(13)12-9/h7,9-10H,4-6,13H2,1-3H3. The zero-order chi connectivity index (χ0) is 9.84. The predicted molar refractivity (Wildman–Crippen MR) is 60.4 cm³/mol. The average Bonchev–Trinajstić information content (AvgIpc) is 2.79. The van der Waals surface area contributed by atoms with E-state index in [1.165, 1.54) is 5.71 Å². The molecule has 0 aliphatic carbocycles. The van der Waals surface area contributed by atoms with Crippen molar-refractivity contribution < 1.29 is 4.74 Å². The number of rotatable bonds is 5. The molecule has 0 bridgehead atoms. The van der Waals surface area contributed by atoms with Gasteiger partial charge in [-0.1, -0.05) is 13.8 Å². The Morgan fingerprint density at radius 1 is 1.62 bits per heavy atom. The van der Waals surface area contributed by atoms with Gasteiger partial charge in [-0.05, 0) is 25.7 Å². The molecule has 3 heteroatoms. The van der Waals surface area contributed by atoms with E-state index in [0.29, 0.717) is 17.9 Å². The molecule has 1 heterocycles. The first-order valence-corrected chi connectivity index (χ1v) is 5.72. The van der Waals surface area contributed by atoms with Crippen LogP contribution in [0.1, 0.15) is 33.6 Å². The molecule has 1 aliphatic rings. The Morgan fingerprint density at radius 2 is 2.23 bits per heavy atom. The van der Waals surface area contributed by atoms with Crippen LogP contribution in [-0.2, 0) is 4.74 Å². The molecule has 0 radical (unpaired) electrons. The molecule has 76 valence electrons. The third-order valence-corrected chi connectivity index (χ3v) is 2.88. The van der Waals surface area contributed by atoms with Crippen LogP contribution in [0.4, 0.5) is 0 Å². The summed E-state index contributed by atoms with van der Waals surface area (Å²) in [7, 11) is 2.71. The summed E-state index contributed by atoms with van der Waals surface area (Å²) in [5, 5.41) is 0. The van der Waals surface area contributed by atoms with Gasteiger partial charge in [-0.25, -0.2) is 0 Å². The van der Waals surface area contributed by atoms with Crippen molar-refractivity contribution in [2.24, 2.45) is 10.9 Å². The summed E-state index contributed by atoms with van der Waals surface area (Å²) in [5.74, 6) is 1.01. The summed E-state index contributed by atoms with van der Waals surface area (Å²) in [5.41, 5.74) is 1.27. The highest BCUT2D eigenvalue weighted by Crippen LogP contribution is 2.35. The van der Waals surface area contributed by atoms with Gasteiger partial charge in [0.2, 0.25) is 0 Å². The lowest BCUT2D eigenvalue weighted by Crippen LogP contribution is -2.09. The van der Waals surface area contributed by atoms with Crippen molar-refractivity contribution in [1.82, 2.24) is 0 Å². The van der Waals surface area contributed by atoms with Crippen LogP contribution in [0.2, 0.25) is 0 Å². The number of aliphatic imine (C=N–C) groups is 1. The van der Waals surface area contributed by atoms with Crippen LogP contribution < -0.4 is 0 Å². The van der Waals surface area contributed by atoms with Gasteiger partial charge in [-0.2, -0.15) is 0 Å². The van der Waals surface area contributed by atoms with Gasteiger partial charge in [0.15, 0.2) is 0 Å². The molecule has 0 amide bonds. The minimum Gasteiger partial charge on any atom is -0.365 e. The number of ether oxygens (including phenoxy) is 1. The number of epoxide rings is 1. The van der Waals surface area contributed by atoms with E-state index in [1.807, 2.05) is 0 Å². The number of hydrogen-bond donors (Lipinski definition) is 0. The molecule has 0 spiro atoms. The topological polar surface area (TPSA) is 24.9 Å². The fourth-order valence-electron chi connectivity index (χ4n) is 1.54. The van der Waals surface area contributed by atoms with Crippen molar-refractivity contribution in [2.75, 3.05) is 6.54 Å². The highest BCUT2D eigenvalue weighted by molar-refractivity contribution is 7.17. The molecule has 0 aromatic rings. The molecule has 1 saturated heterocycles. The SMILES string of the molecule is CCCN=C(C)CC(C)C1OC1P. The van der Waals surface area contributed by atoms with Gasteiger partial charge in [0.25, 0.3) is 0 Å². The molecule has 2 nitrogen and oxygen atoms in total. The summed E-state index contributed by atoms with van der Waals surface area (Å²) in [6.07, 6.45) is 2.67. The molecule has 4 atom stereocenters. The minimum absolute atomic E-state index is 0.397. The van der Waals surface area contributed by atoms with Crippen LogP contribution in [0.3, 0.4) is 0 Å². The lowest BCUT2D eigenvalue weighted by atomic mass is 10.0. The Bertz CT molecular complexity index is 193. The second-order valence-corrected chi connectivity index (χ2v) is 4.52. The second-order valence-electron chi connectivity index (χ2n) is 3.86. The van der Waals surface area contributed by atoms with Gasteiger partial charge in [0, 0.05) is 12.3 Å². The Hall–Kier alpha value is 0.0600. The zero-order valence-electron chi connectivity index (χ0n) is 8.79. The number of nitrogens with zero attached hydrogens (tertiary/aromatic N) is 1. The highest BCUT2D eigenvalue weighted by Gasteiger charge is 2.39. The summed E-state index contributed by atoms with van der Waals surface area (Å²) in [6, 6.07) is 0. The van der Waals surface area contributed by atoms with E-state index in [0.717, 1.165) is 19.4 Å². The van der Waals surface area contributed by atoms with Gasteiger partial charge >= 0.3 is 0 Å². The van der Waals surface area contributed by atoms with E-state index in [1.54, 1.807) is 0 Å². The second kappa shape index (κ2) is 5.07. The Kier molecular flexibility index (Phi) is 4.34. The van der Waals surface area contributed by atoms with E-state index >= 15 is 0 Å². The van der Waals surface area contributed by atoms with Crippen LogP contribution in [0, 0.1) is 5.92 Å². The Labute approximate surface area is 83.4 Å². The van der Waals surface area contributed by atoms with E-state index in [9.17, 15) is 0 Å². The fraction of sp³-hybridized carbons (Fsp3) is 0.900. The predicted octanol–water partition coefficient (Wildman–Crippen LogP) is 2.48. The summed E-state index contributed by atoms with van der Waals surface area (Å²) < 4.78 is 5.39. The molecule has 1 aliphatic heterocycles. The van der Waals surface area contributed by atoms with Gasteiger partial charge in [0.1, 0.15) is 0 Å². The summed E-state index contributed by atoms with van der Waals surface area (Å²) >= 11 is 0. The molecule has 1 fully saturated rings. The summed E-state index contributed by atoms with van der Waals surface area (Å²) in [6.45, 7) is 7.48. The van der Waals surface area contributed by atoms with Crippen molar-refractivity contribution in [2.45, 2.75) is 45.6 Å². The maximum absolute atomic E-state index is 5.39. The summed E-state index contributed by atoms with van der Waals surface area (Å²) in [4.78, 5) is 4.47. The monoisotopic (exact) mass is 201 g/mol. The van der Waals surface area contributed by atoms with Crippen LogP contribution >= 0.6 is 9.24 Å². The van der Waals surface area contributed by atoms with Crippen LogP contribution in [0.15, 0.2) is 4.99 Å². The molecule has 13 heavy (non-hydrogen) atoms. The third-order valence-electron chi connectivity index (χ3n) is 2.35. The van der Waals surface area contributed by atoms with Crippen molar-refractivity contribution in [3.63, 3.8) is 0 Å². The number of hydrogen-bond acceptors (Lipinski definition) is 2. The quantitative estimate of drug-likeness (QED) is 0.381. The van der Waals surface area contributed by atoms with Gasteiger partial charge in [-0.15, -0.1) is 9.24 Å². The van der Waals surface area contributed by atoms with Gasteiger partial charge < -0.3 is 4.74 Å². The first-order valence-electron chi connectivity index (χ1n) is 5.06. The van der Waals surface area contributed by atoms with E-state index < -0.39 is 0 Å². The lowest BCUT2D eigenvalue weighted by Gasteiger charge is -2.07. The van der Waals surface area contributed by atoms with Crippen molar-refractivity contribution in [3.05, 3.63) is 0 Å². The van der Waals surface area contributed by atoms with E-state index in [4.69, 9.17) is 4.74 Å². The van der Waals surface area contributed by atoms with Crippen molar-refractivity contribution in [3.8, 4) is 0 Å². The average molecular weight is 201 g/mol. The zero-order valence-corrected chi connectivity index (χ0v) is 9.94. The van der Waals surface area contributed by atoms with Crippen LogP contribution in [0.5, 0.6) is 0 Å². The van der Waals surface area contributed by atoms with Crippen LogP contribution in [-0.4, -0.2) is 24.2 Å². The molecule has 1 rings (SSSR count).